The van der Waals surface area contributed by atoms with Gasteiger partial charge in [0.15, 0.2) is 0 Å². The second-order valence-electron chi connectivity index (χ2n) is 3.60. The highest BCUT2D eigenvalue weighted by Crippen LogP contribution is 2.19. The highest BCUT2D eigenvalue weighted by Gasteiger charge is 2.06. The Morgan fingerprint density at radius 2 is 1.94 bits per heavy atom. The number of amides is 1. The number of carbonyl (C=O) groups excluding carboxylic acids is 1. The molecule has 5 heteroatoms. The quantitative estimate of drug-likeness (QED) is 0.926. The molecule has 17 heavy (non-hydrogen) atoms. The molecule has 0 fully saturated rings. The number of carbonyl (C=O) groups is 1. The standard InChI is InChI=1S/C12H10BrN3O/c1-8-2-10(13)4-11(3-8)16-12(17)9-5-14-7-15-6-9/h2-7H,1H3,(H,16,17). The summed E-state index contributed by atoms with van der Waals surface area (Å²) >= 11 is 3.38. The molecule has 2 aromatic rings. The zero-order valence-electron chi connectivity index (χ0n) is 9.14. The molecular weight excluding hydrogens is 282 g/mol. The van der Waals surface area contributed by atoms with Crippen molar-refractivity contribution in [3.05, 3.63) is 52.5 Å². The van der Waals surface area contributed by atoms with Crippen molar-refractivity contribution >= 4 is 27.5 Å². The molecule has 0 saturated heterocycles. The summed E-state index contributed by atoms with van der Waals surface area (Å²) in [4.78, 5) is 19.4. The molecule has 2 rings (SSSR count). The Bertz CT molecular complexity index is 522. The number of aryl methyl sites for hydroxylation is 1. The van der Waals surface area contributed by atoms with Crippen molar-refractivity contribution in [3.8, 4) is 0 Å². The Labute approximate surface area is 107 Å². The predicted octanol–water partition coefficient (Wildman–Crippen LogP) is 2.80. The van der Waals surface area contributed by atoms with Crippen LogP contribution in [-0.2, 0) is 0 Å². The van der Waals surface area contributed by atoms with Gasteiger partial charge in [-0.2, -0.15) is 0 Å². The summed E-state index contributed by atoms with van der Waals surface area (Å²) < 4.78 is 0.928. The third kappa shape index (κ3) is 3.10. The number of hydrogen-bond acceptors (Lipinski definition) is 3. The van der Waals surface area contributed by atoms with Crippen LogP contribution in [0.2, 0.25) is 0 Å². The molecule has 86 valence electrons. The largest absolute Gasteiger partial charge is 0.322 e. The van der Waals surface area contributed by atoms with Gasteiger partial charge in [-0.25, -0.2) is 9.97 Å². The molecule has 1 amide bonds. The van der Waals surface area contributed by atoms with Gasteiger partial charge in [0.2, 0.25) is 0 Å². The van der Waals surface area contributed by atoms with E-state index in [0.717, 1.165) is 15.7 Å². The van der Waals surface area contributed by atoms with Crippen LogP contribution in [0.5, 0.6) is 0 Å². The fourth-order valence-electron chi connectivity index (χ4n) is 1.43. The van der Waals surface area contributed by atoms with Gasteiger partial charge in [0.25, 0.3) is 5.91 Å². The molecule has 0 spiro atoms. The zero-order chi connectivity index (χ0) is 12.3. The van der Waals surface area contributed by atoms with Crippen molar-refractivity contribution < 1.29 is 4.79 Å². The van der Waals surface area contributed by atoms with Gasteiger partial charge in [0.1, 0.15) is 6.33 Å². The first-order valence-corrected chi connectivity index (χ1v) is 5.78. The van der Waals surface area contributed by atoms with E-state index >= 15 is 0 Å². The fraction of sp³-hybridized carbons (Fsp3) is 0.0833. The lowest BCUT2D eigenvalue weighted by Crippen LogP contribution is -2.12. The molecule has 1 heterocycles. The summed E-state index contributed by atoms with van der Waals surface area (Å²) in [5.41, 5.74) is 2.25. The molecule has 0 bridgehead atoms. The molecule has 0 aliphatic carbocycles. The molecule has 0 saturated carbocycles. The average molecular weight is 292 g/mol. The van der Waals surface area contributed by atoms with Gasteiger partial charge < -0.3 is 5.32 Å². The lowest BCUT2D eigenvalue weighted by molar-refractivity contribution is 0.102. The lowest BCUT2D eigenvalue weighted by Gasteiger charge is -2.06. The number of nitrogens with one attached hydrogen (secondary N) is 1. The van der Waals surface area contributed by atoms with Gasteiger partial charge in [0.05, 0.1) is 5.56 Å². The normalized spacial score (nSPS) is 10.0. The molecule has 0 atom stereocenters. The molecule has 1 aromatic heterocycles. The molecule has 1 N–H and O–H groups in total. The first-order chi connectivity index (χ1) is 8.15. The van der Waals surface area contributed by atoms with Crippen LogP contribution in [0.4, 0.5) is 5.69 Å². The topological polar surface area (TPSA) is 54.9 Å². The Balaban J connectivity index is 2.19. The number of nitrogens with zero attached hydrogens (tertiary/aromatic N) is 2. The third-order valence-corrected chi connectivity index (χ3v) is 2.58. The van der Waals surface area contributed by atoms with Gasteiger partial charge in [-0.05, 0) is 30.7 Å². The Morgan fingerprint density at radius 1 is 1.24 bits per heavy atom. The average Bonchev–Trinajstić information content (AvgIpc) is 2.28. The van der Waals surface area contributed by atoms with Gasteiger partial charge in [-0.15, -0.1) is 0 Å². The van der Waals surface area contributed by atoms with Crippen LogP contribution < -0.4 is 5.32 Å². The molecule has 4 nitrogen and oxygen atoms in total. The zero-order valence-corrected chi connectivity index (χ0v) is 10.7. The van der Waals surface area contributed by atoms with E-state index in [1.165, 1.54) is 18.7 Å². The molecule has 0 aliphatic rings. The second kappa shape index (κ2) is 5.05. The minimum absolute atomic E-state index is 0.219. The van der Waals surface area contributed by atoms with Gasteiger partial charge in [-0.3, -0.25) is 4.79 Å². The maximum Gasteiger partial charge on any atom is 0.258 e. The van der Waals surface area contributed by atoms with E-state index in [1.807, 2.05) is 25.1 Å². The summed E-state index contributed by atoms with van der Waals surface area (Å²) in [6.07, 6.45) is 4.35. The van der Waals surface area contributed by atoms with E-state index < -0.39 is 0 Å². The maximum absolute atomic E-state index is 11.8. The van der Waals surface area contributed by atoms with Crippen molar-refractivity contribution in [2.45, 2.75) is 6.92 Å². The number of anilines is 1. The number of halogens is 1. The molecule has 0 unspecified atom stereocenters. The monoisotopic (exact) mass is 291 g/mol. The van der Waals surface area contributed by atoms with E-state index in [0.29, 0.717) is 5.56 Å². The summed E-state index contributed by atoms with van der Waals surface area (Å²) in [5.74, 6) is -0.219. The van der Waals surface area contributed by atoms with Gasteiger partial charge in [-0.1, -0.05) is 15.9 Å². The van der Waals surface area contributed by atoms with Crippen LogP contribution in [-0.4, -0.2) is 15.9 Å². The SMILES string of the molecule is Cc1cc(Br)cc(NC(=O)c2cncnc2)c1. The van der Waals surface area contributed by atoms with Crippen LogP contribution in [0.15, 0.2) is 41.4 Å². The Kier molecular flexibility index (Phi) is 3.49. The summed E-state index contributed by atoms with van der Waals surface area (Å²) in [6, 6.07) is 5.71. The maximum atomic E-state index is 11.8. The lowest BCUT2D eigenvalue weighted by atomic mass is 10.2. The van der Waals surface area contributed by atoms with Crippen molar-refractivity contribution in [2.75, 3.05) is 5.32 Å². The van der Waals surface area contributed by atoms with Gasteiger partial charge in [0, 0.05) is 22.6 Å². The van der Waals surface area contributed by atoms with E-state index in [9.17, 15) is 4.79 Å². The summed E-state index contributed by atoms with van der Waals surface area (Å²) in [6.45, 7) is 1.96. The van der Waals surface area contributed by atoms with Crippen LogP contribution in [0.25, 0.3) is 0 Å². The number of rotatable bonds is 2. The minimum Gasteiger partial charge on any atom is -0.322 e. The van der Waals surface area contributed by atoms with Gasteiger partial charge >= 0.3 is 0 Å². The van der Waals surface area contributed by atoms with E-state index in [1.54, 1.807) is 0 Å². The third-order valence-electron chi connectivity index (χ3n) is 2.12. The van der Waals surface area contributed by atoms with Crippen molar-refractivity contribution in [1.82, 2.24) is 9.97 Å². The number of hydrogen-bond donors (Lipinski definition) is 1. The van der Waals surface area contributed by atoms with Crippen LogP contribution >= 0.6 is 15.9 Å². The van der Waals surface area contributed by atoms with Crippen molar-refractivity contribution in [3.63, 3.8) is 0 Å². The minimum atomic E-state index is -0.219. The van der Waals surface area contributed by atoms with E-state index in [4.69, 9.17) is 0 Å². The smallest absolute Gasteiger partial charge is 0.258 e. The van der Waals surface area contributed by atoms with E-state index in [-0.39, 0.29) is 5.91 Å². The van der Waals surface area contributed by atoms with Crippen LogP contribution in [0.3, 0.4) is 0 Å². The van der Waals surface area contributed by atoms with Crippen molar-refractivity contribution in [2.24, 2.45) is 0 Å². The highest BCUT2D eigenvalue weighted by molar-refractivity contribution is 9.10. The molecular formula is C12H10BrN3O. The fourth-order valence-corrected chi connectivity index (χ4v) is 2.04. The summed E-state index contributed by atoms with van der Waals surface area (Å²) in [5, 5.41) is 2.79. The first kappa shape index (κ1) is 11.7. The number of aromatic nitrogens is 2. The Morgan fingerprint density at radius 3 is 2.59 bits per heavy atom. The number of benzene rings is 1. The van der Waals surface area contributed by atoms with Crippen LogP contribution in [0.1, 0.15) is 15.9 Å². The first-order valence-electron chi connectivity index (χ1n) is 4.99. The Hall–Kier alpha value is -1.75. The van der Waals surface area contributed by atoms with E-state index in [2.05, 4.69) is 31.2 Å². The molecule has 0 radical (unpaired) electrons. The molecule has 0 aliphatic heterocycles. The van der Waals surface area contributed by atoms with Crippen LogP contribution in [0, 0.1) is 6.92 Å². The molecule has 1 aromatic carbocycles. The highest BCUT2D eigenvalue weighted by atomic mass is 79.9. The second-order valence-corrected chi connectivity index (χ2v) is 4.51. The van der Waals surface area contributed by atoms with Crippen molar-refractivity contribution in [1.29, 1.82) is 0 Å². The summed E-state index contributed by atoms with van der Waals surface area (Å²) in [7, 11) is 0. The predicted molar refractivity (Wildman–Crippen MR) is 68.9 cm³/mol.